The van der Waals surface area contributed by atoms with Crippen LogP contribution in [-0.2, 0) is 6.42 Å². The van der Waals surface area contributed by atoms with Crippen molar-refractivity contribution < 1.29 is 0 Å². The molecular formula is C40H36N2Si. The Morgan fingerprint density at radius 3 is 1.88 bits per heavy atom. The molecule has 0 saturated carbocycles. The minimum Gasteiger partial charge on any atom is -0.310 e. The lowest BCUT2D eigenvalue weighted by molar-refractivity contribution is 0.718. The third-order valence-electron chi connectivity index (χ3n) is 9.21. The number of rotatable bonds is 4. The molecule has 0 saturated heterocycles. The highest BCUT2D eigenvalue weighted by Gasteiger charge is 2.22. The van der Waals surface area contributed by atoms with Gasteiger partial charge in [-0.15, -0.1) is 0 Å². The summed E-state index contributed by atoms with van der Waals surface area (Å²) in [5.41, 5.74) is 11.4. The Kier molecular flexibility index (Phi) is 5.89. The van der Waals surface area contributed by atoms with Gasteiger partial charge in [-0.3, -0.25) is 0 Å². The first-order chi connectivity index (χ1) is 20.9. The second-order valence-corrected chi connectivity index (χ2v) is 18.3. The Morgan fingerprint density at radius 1 is 0.581 bits per heavy atom. The van der Waals surface area contributed by atoms with E-state index in [1.165, 1.54) is 71.7 Å². The van der Waals surface area contributed by atoms with Crippen LogP contribution in [0.3, 0.4) is 0 Å². The monoisotopic (exact) mass is 572 g/mol. The van der Waals surface area contributed by atoms with Gasteiger partial charge in [0.1, 0.15) is 0 Å². The fourth-order valence-electron chi connectivity index (χ4n) is 7.01. The summed E-state index contributed by atoms with van der Waals surface area (Å²) < 4.78 is 4.89. The Hall–Kier alpha value is -4.60. The van der Waals surface area contributed by atoms with Crippen LogP contribution in [0.5, 0.6) is 0 Å². The van der Waals surface area contributed by atoms with Gasteiger partial charge in [-0.25, -0.2) is 0 Å². The number of nitrogens with zero attached hydrogens (tertiary/aromatic N) is 2. The summed E-state index contributed by atoms with van der Waals surface area (Å²) in [4.78, 5) is 0. The highest BCUT2D eigenvalue weighted by molar-refractivity contribution is 6.88. The van der Waals surface area contributed by atoms with E-state index in [1.807, 2.05) is 0 Å². The molecule has 8 rings (SSSR count). The minimum absolute atomic E-state index is 0.559. The first kappa shape index (κ1) is 26.1. The number of fused-ring (bicyclic) bond motifs is 6. The molecule has 2 nitrogen and oxygen atoms in total. The Bertz CT molecular complexity index is 2220. The summed E-state index contributed by atoms with van der Waals surface area (Å²) in [7, 11) is -1.44. The van der Waals surface area contributed by atoms with Crippen LogP contribution in [0.25, 0.3) is 61.3 Å². The summed E-state index contributed by atoms with van der Waals surface area (Å²) in [5.74, 6) is 0.559. The standard InChI is InChI=1S/C40H36N2Si/c1-27-19-21-39-35(23-27)33-15-5-7-17-37(33)41(39)30-13-9-11-28(24-30)29-12-10-14-31(25-29)42-38-18-8-6-16-34(38)36-26-32(43(2,3)4)20-22-40(36)42/h5-22,24-27H,23H2,1-4H3. The normalized spacial score (nSPS) is 15.0. The van der Waals surface area contributed by atoms with E-state index >= 15 is 0 Å². The molecule has 0 radical (unpaired) electrons. The third-order valence-corrected chi connectivity index (χ3v) is 11.3. The highest BCUT2D eigenvalue weighted by atomic mass is 28.3. The maximum absolute atomic E-state index is 2.45. The van der Waals surface area contributed by atoms with Gasteiger partial charge < -0.3 is 9.13 Å². The molecule has 210 valence electrons. The topological polar surface area (TPSA) is 9.86 Å². The molecule has 2 heterocycles. The van der Waals surface area contributed by atoms with E-state index in [-0.39, 0.29) is 0 Å². The molecule has 1 aliphatic rings. The van der Waals surface area contributed by atoms with Crippen molar-refractivity contribution in [1.82, 2.24) is 9.13 Å². The predicted octanol–water partition coefficient (Wildman–Crippen LogP) is 10.1. The van der Waals surface area contributed by atoms with Crippen LogP contribution in [0.1, 0.15) is 18.2 Å². The molecule has 1 atom stereocenters. The van der Waals surface area contributed by atoms with Crippen molar-refractivity contribution in [3.8, 4) is 22.5 Å². The maximum atomic E-state index is 2.45. The summed E-state index contributed by atoms with van der Waals surface area (Å²) in [6.07, 6.45) is 5.76. The van der Waals surface area contributed by atoms with Crippen molar-refractivity contribution in [3.05, 3.63) is 133 Å². The first-order valence-electron chi connectivity index (χ1n) is 15.4. The van der Waals surface area contributed by atoms with Gasteiger partial charge in [0.2, 0.25) is 0 Å². The molecule has 0 N–H and O–H groups in total. The smallest absolute Gasteiger partial charge is 0.0776 e. The van der Waals surface area contributed by atoms with Gasteiger partial charge in [0.15, 0.2) is 0 Å². The summed E-state index contributed by atoms with van der Waals surface area (Å²) in [5, 5.41) is 5.52. The lowest BCUT2D eigenvalue weighted by Gasteiger charge is -2.17. The number of para-hydroxylation sites is 2. The summed E-state index contributed by atoms with van der Waals surface area (Å²) in [6, 6.07) is 42.9. The van der Waals surface area contributed by atoms with Crippen molar-refractivity contribution in [2.24, 2.45) is 5.92 Å². The maximum Gasteiger partial charge on any atom is 0.0776 e. The fraction of sp³-hybridized carbons (Fsp3) is 0.150. The predicted molar refractivity (Wildman–Crippen MR) is 188 cm³/mol. The largest absolute Gasteiger partial charge is 0.310 e. The second kappa shape index (κ2) is 9.72. The van der Waals surface area contributed by atoms with Gasteiger partial charge in [-0.1, -0.05) is 111 Å². The summed E-state index contributed by atoms with van der Waals surface area (Å²) >= 11 is 0. The van der Waals surface area contributed by atoms with Crippen molar-refractivity contribution in [3.63, 3.8) is 0 Å². The van der Waals surface area contributed by atoms with Crippen molar-refractivity contribution in [1.29, 1.82) is 0 Å². The van der Waals surface area contributed by atoms with E-state index in [0.29, 0.717) is 5.92 Å². The Morgan fingerprint density at radius 2 is 1.19 bits per heavy atom. The SMILES string of the molecule is CC1C=Cc2c(c3ccccc3n2-c2cccc(-c3cccc(-n4c5ccccc5c5cc([Si](C)(C)C)ccc54)c3)c2)C1. The molecule has 1 unspecified atom stereocenters. The molecule has 1 aliphatic carbocycles. The zero-order valence-electron chi connectivity index (χ0n) is 25.3. The van der Waals surface area contributed by atoms with Crippen molar-refractivity contribution in [2.75, 3.05) is 0 Å². The van der Waals surface area contributed by atoms with Gasteiger partial charge in [0.05, 0.1) is 24.6 Å². The van der Waals surface area contributed by atoms with Gasteiger partial charge in [0.25, 0.3) is 0 Å². The van der Waals surface area contributed by atoms with Crippen LogP contribution < -0.4 is 5.19 Å². The van der Waals surface area contributed by atoms with E-state index in [9.17, 15) is 0 Å². The Labute approximate surface area is 254 Å². The highest BCUT2D eigenvalue weighted by Crippen LogP contribution is 2.37. The molecule has 2 aromatic heterocycles. The Balaban J connectivity index is 1.28. The van der Waals surface area contributed by atoms with Crippen molar-refractivity contribution in [2.45, 2.75) is 33.0 Å². The zero-order chi connectivity index (χ0) is 29.3. The van der Waals surface area contributed by atoms with Crippen LogP contribution in [0.2, 0.25) is 19.6 Å². The van der Waals surface area contributed by atoms with E-state index in [1.54, 1.807) is 0 Å². The molecule has 3 heteroatoms. The quantitative estimate of drug-likeness (QED) is 0.186. The molecule has 5 aromatic carbocycles. The average Bonchev–Trinajstić information content (AvgIpc) is 3.53. The van der Waals surface area contributed by atoms with Crippen LogP contribution in [0, 0.1) is 5.92 Å². The summed E-state index contributed by atoms with van der Waals surface area (Å²) in [6.45, 7) is 9.58. The van der Waals surface area contributed by atoms with Gasteiger partial charge >= 0.3 is 0 Å². The molecule has 0 fully saturated rings. The fourth-order valence-corrected chi connectivity index (χ4v) is 8.17. The van der Waals surface area contributed by atoms with Crippen LogP contribution in [0.15, 0.2) is 121 Å². The number of aromatic nitrogens is 2. The van der Waals surface area contributed by atoms with Crippen LogP contribution in [-0.4, -0.2) is 17.2 Å². The molecule has 0 amide bonds. The number of allylic oxidation sites excluding steroid dienone is 1. The lowest BCUT2D eigenvalue weighted by atomic mass is 9.93. The van der Waals surface area contributed by atoms with E-state index in [2.05, 4.69) is 163 Å². The van der Waals surface area contributed by atoms with E-state index < -0.39 is 8.07 Å². The molecule has 0 spiro atoms. The molecular weight excluding hydrogens is 537 g/mol. The van der Waals surface area contributed by atoms with Gasteiger partial charge in [-0.05, 0) is 77.6 Å². The van der Waals surface area contributed by atoms with Crippen LogP contribution >= 0.6 is 0 Å². The van der Waals surface area contributed by atoms with Gasteiger partial charge in [0, 0.05) is 33.2 Å². The number of hydrogen-bond donors (Lipinski definition) is 0. The third kappa shape index (κ3) is 4.22. The van der Waals surface area contributed by atoms with E-state index in [0.717, 1.165) is 6.42 Å². The molecule has 43 heavy (non-hydrogen) atoms. The van der Waals surface area contributed by atoms with Crippen LogP contribution in [0.4, 0.5) is 0 Å². The lowest BCUT2D eigenvalue weighted by Crippen LogP contribution is -2.37. The average molecular weight is 573 g/mol. The first-order valence-corrected chi connectivity index (χ1v) is 18.9. The second-order valence-electron chi connectivity index (χ2n) is 13.2. The van der Waals surface area contributed by atoms with Crippen molar-refractivity contribution >= 4 is 52.0 Å². The van der Waals surface area contributed by atoms with E-state index in [4.69, 9.17) is 0 Å². The molecule has 7 aromatic rings. The molecule has 0 bridgehead atoms. The molecule has 0 aliphatic heterocycles. The number of hydrogen-bond acceptors (Lipinski definition) is 0. The number of benzene rings is 5. The van der Waals surface area contributed by atoms with Gasteiger partial charge in [-0.2, -0.15) is 0 Å². The zero-order valence-corrected chi connectivity index (χ0v) is 26.3. The minimum atomic E-state index is -1.44.